The molecule has 0 aliphatic carbocycles. The number of para-hydroxylation sites is 1. The predicted octanol–water partition coefficient (Wildman–Crippen LogP) is 2.82. The number of guanidine groups is 1. The number of hydrogen-bond donors (Lipinski definition) is 2. The lowest BCUT2D eigenvalue weighted by Crippen LogP contribution is -2.49. The normalized spacial score (nSPS) is 17.3. The van der Waals surface area contributed by atoms with Crippen LogP contribution in [0.5, 0.6) is 0 Å². The van der Waals surface area contributed by atoms with Crippen molar-refractivity contribution in [3.63, 3.8) is 0 Å². The van der Waals surface area contributed by atoms with Gasteiger partial charge in [-0.25, -0.2) is 0 Å². The van der Waals surface area contributed by atoms with E-state index in [0.29, 0.717) is 19.1 Å². The Balaban J connectivity index is 1.97. The van der Waals surface area contributed by atoms with Crippen LogP contribution in [0.3, 0.4) is 0 Å². The SMILES string of the molecule is COCc1ccccc1NC(N)=NCC(C)(C)N1CCCCC1. The zero-order chi connectivity index (χ0) is 16.7. The van der Waals surface area contributed by atoms with Crippen LogP contribution in [0.2, 0.25) is 0 Å². The predicted molar refractivity (Wildman–Crippen MR) is 96.8 cm³/mol. The van der Waals surface area contributed by atoms with E-state index < -0.39 is 0 Å². The highest BCUT2D eigenvalue weighted by atomic mass is 16.5. The molecule has 1 fully saturated rings. The Labute approximate surface area is 139 Å². The van der Waals surface area contributed by atoms with Gasteiger partial charge >= 0.3 is 0 Å². The summed E-state index contributed by atoms with van der Waals surface area (Å²) < 4.78 is 5.22. The summed E-state index contributed by atoms with van der Waals surface area (Å²) in [5.41, 5.74) is 8.15. The lowest BCUT2D eigenvalue weighted by molar-refractivity contribution is 0.102. The van der Waals surface area contributed by atoms with E-state index in [0.717, 1.165) is 24.3 Å². The number of nitrogens with zero attached hydrogens (tertiary/aromatic N) is 2. The molecule has 0 atom stereocenters. The van der Waals surface area contributed by atoms with Gasteiger partial charge in [-0.05, 0) is 45.8 Å². The van der Waals surface area contributed by atoms with Gasteiger partial charge in [0.1, 0.15) is 0 Å². The van der Waals surface area contributed by atoms with E-state index in [4.69, 9.17) is 10.5 Å². The minimum atomic E-state index is 0.0404. The number of likely N-dealkylation sites (tertiary alicyclic amines) is 1. The molecule has 1 saturated heterocycles. The number of aliphatic imine (C=N–C) groups is 1. The molecule has 1 aromatic carbocycles. The van der Waals surface area contributed by atoms with Crippen molar-refractivity contribution in [1.29, 1.82) is 0 Å². The maximum atomic E-state index is 6.09. The van der Waals surface area contributed by atoms with Crippen LogP contribution in [0.25, 0.3) is 0 Å². The second-order valence-electron chi connectivity index (χ2n) is 6.78. The van der Waals surface area contributed by atoms with Crippen LogP contribution < -0.4 is 11.1 Å². The van der Waals surface area contributed by atoms with E-state index in [9.17, 15) is 0 Å². The molecule has 0 bridgehead atoms. The number of methoxy groups -OCH3 is 1. The van der Waals surface area contributed by atoms with E-state index in [2.05, 4.69) is 29.1 Å². The van der Waals surface area contributed by atoms with Crippen molar-refractivity contribution in [3.05, 3.63) is 29.8 Å². The Hall–Kier alpha value is -1.59. The summed E-state index contributed by atoms with van der Waals surface area (Å²) in [6.07, 6.45) is 3.91. The van der Waals surface area contributed by atoms with Crippen molar-refractivity contribution in [2.75, 3.05) is 32.1 Å². The number of anilines is 1. The van der Waals surface area contributed by atoms with Crippen LogP contribution in [0.1, 0.15) is 38.7 Å². The van der Waals surface area contributed by atoms with Crippen molar-refractivity contribution >= 4 is 11.6 Å². The molecule has 3 N–H and O–H groups in total. The molecular weight excluding hydrogens is 288 g/mol. The van der Waals surface area contributed by atoms with Gasteiger partial charge in [0.05, 0.1) is 13.2 Å². The summed E-state index contributed by atoms with van der Waals surface area (Å²) in [6, 6.07) is 7.99. The molecule has 1 aliphatic heterocycles. The molecule has 0 spiro atoms. The number of nitrogens with one attached hydrogen (secondary N) is 1. The van der Waals surface area contributed by atoms with Gasteiger partial charge in [0.2, 0.25) is 0 Å². The number of rotatable bonds is 6. The van der Waals surface area contributed by atoms with Crippen LogP contribution >= 0.6 is 0 Å². The monoisotopic (exact) mass is 318 g/mol. The molecule has 0 saturated carbocycles. The lowest BCUT2D eigenvalue weighted by Gasteiger charge is -2.40. The Bertz CT molecular complexity index is 522. The van der Waals surface area contributed by atoms with Gasteiger partial charge in [-0.3, -0.25) is 9.89 Å². The quantitative estimate of drug-likeness (QED) is 0.625. The van der Waals surface area contributed by atoms with Crippen molar-refractivity contribution in [2.45, 2.75) is 45.3 Å². The molecule has 128 valence electrons. The highest BCUT2D eigenvalue weighted by Crippen LogP contribution is 2.21. The average Bonchev–Trinajstić information content (AvgIpc) is 2.56. The van der Waals surface area contributed by atoms with Gasteiger partial charge in [-0.2, -0.15) is 0 Å². The van der Waals surface area contributed by atoms with Gasteiger partial charge in [0, 0.05) is 23.9 Å². The Morgan fingerprint density at radius 2 is 1.96 bits per heavy atom. The van der Waals surface area contributed by atoms with Crippen molar-refractivity contribution in [3.8, 4) is 0 Å². The molecule has 1 aliphatic rings. The molecule has 5 heteroatoms. The number of piperidine rings is 1. The van der Waals surface area contributed by atoms with Gasteiger partial charge in [0.15, 0.2) is 5.96 Å². The fraction of sp³-hybridized carbons (Fsp3) is 0.611. The second-order valence-corrected chi connectivity index (χ2v) is 6.78. The first-order valence-corrected chi connectivity index (χ1v) is 8.42. The first-order valence-electron chi connectivity index (χ1n) is 8.42. The molecule has 0 aromatic heterocycles. The van der Waals surface area contributed by atoms with E-state index in [1.807, 2.05) is 24.3 Å². The maximum absolute atomic E-state index is 6.09. The fourth-order valence-electron chi connectivity index (χ4n) is 2.98. The second kappa shape index (κ2) is 8.31. The fourth-order valence-corrected chi connectivity index (χ4v) is 2.98. The minimum Gasteiger partial charge on any atom is -0.380 e. The summed E-state index contributed by atoms with van der Waals surface area (Å²) in [5, 5.41) is 3.20. The molecule has 0 amide bonds. The Morgan fingerprint density at radius 3 is 2.65 bits per heavy atom. The maximum Gasteiger partial charge on any atom is 0.193 e. The van der Waals surface area contributed by atoms with Gasteiger partial charge in [-0.15, -0.1) is 0 Å². The topological polar surface area (TPSA) is 62.9 Å². The number of ether oxygens (including phenoxy) is 1. The Morgan fingerprint density at radius 1 is 1.26 bits per heavy atom. The molecule has 23 heavy (non-hydrogen) atoms. The molecular formula is C18H30N4O. The molecule has 2 rings (SSSR count). The zero-order valence-corrected chi connectivity index (χ0v) is 14.6. The van der Waals surface area contributed by atoms with Crippen molar-refractivity contribution in [1.82, 2.24) is 4.90 Å². The average molecular weight is 318 g/mol. The molecule has 0 unspecified atom stereocenters. The molecule has 1 heterocycles. The van der Waals surface area contributed by atoms with E-state index in [-0.39, 0.29) is 5.54 Å². The molecule has 0 radical (unpaired) electrons. The smallest absolute Gasteiger partial charge is 0.193 e. The van der Waals surface area contributed by atoms with Gasteiger partial charge in [0.25, 0.3) is 0 Å². The summed E-state index contributed by atoms with van der Waals surface area (Å²) in [4.78, 5) is 7.09. The van der Waals surface area contributed by atoms with E-state index >= 15 is 0 Å². The molecule has 1 aromatic rings. The number of nitrogens with two attached hydrogens (primary N) is 1. The molecule has 5 nitrogen and oxygen atoms in total. The van der Waals surface area contributed by atoms with Crippen molar-refractivity contribution in [2.24, 2.45) is 10.7 Å². The largest absolute Gasteiger partial charge is 0.380 e. The zero-order valence-electron chi connectivity index (χ0n) is 14.6. The summed E-state index contributed by atoms with van der Waals surface area (Å²) in [6.45, 7) is 8.05. The summed E-state index contributed by atoms with van der Waals surface area (Å²) in [7, 11) is 1.69. The first kappa shape index (κ1) is 17.8. The number of hydrogen-bond acceptors (Lipinski definition) is 3. The third-order valence-corrected chi connectivity index (χ3v) is 4.43. The van der Waals surface area contributed by atoms with E-state index in [1.165, 1.54) is 19.3 Å². The van der Waals surface area contributed by atoms with Crippen LogP contribution in [0.4, 0.5) is 5.69 Å². The van der Waals surface area contributed by atoms with E-state index in [1.54, 1.807) is 7.11 Å². The van der Waals surface area contributed by atoms with Crippen molar-refractivity contribution < 1.29 is 4.74 Å². The highest BCUT2D eigenvalue weighted by molar-refractivity contribution is 5.93. The lowest BCUT2D eigenvalue weighted by atomic mass is 9.99. The third-order valence-electron chi connectivity index (χ3n) is 4.43. The van der Waals surface area contributed by atoms with Crippen LogP contribution in [0.15, 0.2) is 29.3 Å². The van der Waals surface area contributed by atoms with Crippen LogP contribution in [-0.4, -0.2) is 43.1 Å². The number of benzene rings is 1. The summed E-state index contributed by atoms with van der Waals surface area (Å²) in [5.74, 6) is 0.457. The first-order chi connectivity index (χ1) is 11.0. The standard InChI is InChI=1S/C18H30N4O/c1-18(2,22-11-7-4-8-12-22)14-20-17(19)21-16-10-6-5-9-15(16)13-23-3/h5-6,9-10H,4,7-8,11-14H2,1-3H3,(H3,19,20,21). The minimum absolute atomic E-state index is 0.0404. The van der Waals surface area contributed by atoms with Crippen LogP contribution in [0, 0.1) is 0 Å². The third kappa shape index (κ3) is 5.22. The highest BCUT2D eigenvalue weighted by Gasteiger charge is 2.27. The summed E-state index contributed by atoms with van der Waals surface area (Å²) >= 11 is 0. The van der Waals surface area contributed by atoms with Gasteiger partial charge in [-0.1, -0.05) is 24.6 Å². The van der Waals surface area contributed by atoms with Crippen LogP contribution in [-0.2, 0) is 11.3 Å². The van der Waals surface area contributed by atoms with Gasteiger partial charge < -0.3 is 15.8 Å². The Kier molecular flexibility index (Phi) is 6.42.